The summed E-state index contributed by atoms with van der Waals surface area (Å²) in [4.78, 5) is 0. The van der Waals surface area contributed by atoms with Crippen LogP contribution in [0, 0.1) is 0 Å². The van der Waals surface area contributed by atoms with Crippen molar-refractivity contribution in [3.63, 3.8) is 0 Å². The van der Waals surface area contributed by atoms with E-state index in [2.05, 4.69) is 15.9 Å². The molecular weight excluding hydrogens is 284 g/mol. The molecule has 0 saturated heterocycles. The quantitative estimate of drug-likeness (QED) is 0.820. The lowest BCUT2D eigenvalue weighted by Gasteiger charge is -2.14. The zero-order chi connectivity index (χ0) is 12.8. The molecule has 1 unspecified atom stereocenters. The molecule has 1 N–H and O–H groups in total. The van der Waals surface area contributed by atoms with E-state index >= 15 is 0 Å². The molecule has 1 atom stereocenters. The molecule has 1 aromatic rings. The SMILES string of the molecule is CC(C)OCCOc1cc(Br)ccc1C(C)O. The van der Waals surface area contributed by atoms with Crippen molar-refractivity contribution in [2.24, 2.45) is 0 Å². The maximum absolute atomic E-state index is 9.61. The summed E-state index contributed by atoms with van der Waals surface area (Å²) in [5, 5.41) is 9.61. The maximum Gasteiger partial charge on any atom is 0.126 e. The van der Waals surface area contributed by atoms with Gasteiger partial charge in [-0.3, -0.25) is 0 Å². The van der Waals surface area contributed by atoms with Crippen molar-refractivity contribution in [2.45, 2.75) is 33.0 Å². The van der Waals surface area contributed by atoms with Crippen molar-refractivity contribution in [3.05, 3.63) is 28.2 Å². The summed E-state index contributed by atoms with van der Waals surface area (Å²) >= 11 is 3.38. The summed E-state index contributed by atoms with van der Waals surface area (Å²) in [5.41, 5.74) is 0.790. The fourth-order valence-electron chi connectivity index (χ4n) is 1.41. The lowest BCUT2D eigenvalue weighted by atomic mass is 10.1. The molecule has 0 aliphatic carbocycles. The molecule has 0 bridgehead atoms. The van der Waals surface area contributed by atoms with Gasteiger partial charge >= 0.3 is 0 Å². The maximum atomic E-state index is 9.61. The molecule has 4 heteroatoms. The van der Waals surface area contributed by atoms with Crippen LogP contribution in [0.5, 0.6) is 5.75 Å². The Bertz CT molecular complexity index is 351. The molecular formula is C13H19BrO3. The predicted octanol–water partition coefficient (Wildman–Crippen LogP) is 3.31. The summed E-state index contributed by atoms with van der Waals surface area (Å²) in [6.07, 6.45) is -0.332. The first-order valence-corrected chi connectivity index (χ1v) is 6.52. The van der Waals surface area contributed by atoms with Gasteiger partial charge in [-0.25, -0.2) is 0 Å². The van der Waals surface area contributed by atoms with Gasteiger partial charge in [0.05, 0.1) is 18.8 Å². The molecule has 17 heavy (non-hydrogen) atoms. The zero-order valence-electron chi connectivity index (χ0n) is 10.4. The van der Waals surface area contributed by atoms with Crippen LogP contribution < -0.4 is 4.74 Å². The largest absolute Gasteiger partial charge is 0.491 e. The molecule has 0 spiro atoms. The number of aliphatic hydroxyl groups is 1. The third kappa shape index (κ3) is 5.06. The Morgan fingerprint density at radius 3 is 2.53 bits per heavy atom. The summed E-state index contributed by atoms with van der Waals surface area (Å²) in [7, 11) is 0. The van der Waals surface area contributed by atoms with Crippen LogP contribution in [0.15, 0.2) is 22.7 Å². The van der Waals surface area contributed by atoms with Crippen LogP contribution in [0.4, 0.5) is 0 Å². The lowest BCUT2D eigenvalue weighted by molar-refractivity contribution is 0.0543. The van der Waals surface area contributed by atoms with Gasteiger partial charge in [0.25, 0.3) is 0 Å². The highest BCUT2D eigenvalue weighted by atomic mass is 79.9. The van der Waals surface area contributed by atoms with Gasteiger partial charge in [0, 0.05) is 10.0 Å². The fourth-order valence-corrected chi connectivity index (χ4v) is 1.75. The van der Waals surface area contributed by atoms with Crippen molar-refractivity contribution < 1.29 is 14.6 Å². The molecule has 0 aromatic heterocycles. The minimum atomic E-state index is -0.538. The third-order valence-electron chi connectivity index (χ3n) is 2.22. The molecule has 0 radical (unpaired) electrons. The highest BCUT2D eigenvalue weighted by molar-refractivity contribution is 9.10. The lowest BCUT2D eigenvalue weighted by Crippen LogP contribution is -2.12. The van der Waals surface area contributed by atoms with Gasteiger partial charge in [0.15, 0.2) is 0 Å². The average Bonchev–Trinajstić information content (AvgIpc) is 2.23. The van der Waals surface area contributed by atoms with E-state index in [4.69, 9.17) is 9.47 Å². The number of halogens is 1. The van der Waals surface area contributed by atoms with Crippen LogP contribution in [-0.4, -0.2) is 24.4 Å². The number of hydrogen-bond donors (Lipinski definition) is 1. The summed E-state index contributed by atoms with van der Waals surface area (Å²) in [5.74, 6) is 0.696. The Morgan fingerprint density at radius 2 is 1.94 bits per heavy atom. The standard InChI is InChI=1S/C13H19BrO3/c1-9(2)16-6-7-17-13-8-11(14)4-5-12(13)10(3)15/h4-5,8-10,15H,6-7H2,1-3H3. The van der Waals surface area contributed by atoms with Crippen molar-refractivity contribution in [1.82, 2.24) is 0 Å². The van der Waals surface area contributed by atoms with Gasteiger partial charge in [-0.2, -0.15) is 0 Å². The average molecular weight is 303 g/mol. The normalized spacial score (nSPS) is 12.8. The summed E-state index contributed by atoms with van der Waals surface area (Å²) in [6, 6.07) is 5.60. The fraction of sp³-hybridized carbons (Fsp3) is 0.538. The Hall–Kier alpha value is -0.580. The van der Waals surface area contributed by atoms with Crippen LogP contribution in [0.1, 0.15) is 32.4 Å². The smallest absolute Gasteiger partial charge is 0.126 e. The first-order valence-electron chi connectivity index (χ1n) is 5.72. The van der Waals surface area contributed by atoms with Crippen LogP contribution in [0.25, 0.3) is 0 Å². The Labute approximate surface area is 111 Å². The van der Waals surface area contributed by atoms with E-state index < -0.39 is 6.10 Å². The number of rotatable bonds is 6. The van der Waals surface area contributed by atoms with Gasteiger partial charge < -0.3 is 14.6 Å². The van der Waals surface area contributed by atoms with Gasteiger partial charge in [0.1, 0.15) is 12.4 Å². The number of aliphatic hydroxyl groups excluding tert-OH is 1. The second-order valence-electron chi connectivity index (χ2n) is 4.13. The zero-order valence-corrected chi connectivity index (χ0v) is 12.0. The van der Waals surface area contributed by atoms with E-state index in [9.17, 15) is 5.11 Å². The minimum Gasteiger partial charge on any atom is -0.491 e. The first kappa shape index (κ1) is 14.5. The number of benzene rings is 1. The topological polar surface area (TPSA) is 38.7 Å². The van der Waals surface area contributed by atoms with Crippen LogP contribution in [0.3, 0.4) is 0 Å². The third-order valence-corrected chi connectivity index (χ3v) is 2.71. The molecule has 0 heterocycles. The van der Waals surface area contributed by atoms with Crippen LogP contribution in [0.2, 0.25) is 0 Å². The second-order valence-corrected chi connectivity index (χ2v) is 5.04. The van der Waals surface area contributed by atoms with Crippen LogP contribution in [-0.2, 0) is 4.74 Å². The monoisotopic (exact) mass is 302 g/mol. The highest BCUT2D eigenvalue weighted by Gasteiger charge is 2.09. The van der Waals surface area contributed by atoms with Gasteiger partial charge in [0.2, 0.25) is 0 Å². The number of hydrogen-bond acceptors (Lipinski definition) is 3. The summed E-state index contributed by atoms with van der Waals surface area (Å²) in [6.45, 7) is 6.72. The van der Waals surface area contributed by atoms with E-state index in [-0.39, 0.29) is 6.10 Å². The number of ether oxygens (including phenoxy) is 2. The minimum absolute atomic E-state index is 0.206. The van der Waals surface area contributed by atoms with Crippen molar-refractivity contribution >= 4 is 15.9 Å². The van der Waals surface area contributed by atoms with E-state index in [1.54, 1.807) is 6.92 Å². The molecule has 0 fully saturated rings. The first-order chi connectivity index (χ1) is 8.00. The molecule has 1 aromatic carbocycles. The predicted molar refractivity (Wildman–Crippen MR) is 71.4 cm³/mol. The van der Waals surface area contributed by atoms with Gasteiger partial charge in [-0.05, 0) is 32.9 Å². The second kappa shape index (κ2) is 6.99. The van der Waals surface area contributed by atoms with E-state index in [1.165, 1.54) is 0 Å². The van der Waals surface area contributed by atoms with Crippen molar-refractivity contribution in [3.8, 4) is 5.75 Å². The Kier molecular flexibility index (Phi) is 5.95. The molecule has 0 saturated carbocycles. The molecule has 3 nitrogen and oxygen atoms in total. The molecule has 0 aliphatic rings. The molecule has 0 aliphatic heterocycles. The van der Waals surface area contributed by atoms with Gasteiger partial charge in [-0.1, -0.05) is 22.0 Å². The van der Waals surface area contributed by atoms with Crippen molar-refractivity contribution in [1.29, 1.82) is 0 Å². The van der Waals surface area contributed by atoms with Crippen LogP contribution >= 0.6 is 15.9 Å². The van der Waals surface area contributed by atoms with Gasteiger partial charge in [-0.15, -0.1) is 0 Å². The molecule has 0 amide bonds. The van der Waals surface area contributed by atoms with E-state index in [0.717, 1.165) is 10.0 Å². The highest BCUT2D eigenvalue weighted by Crippen LogP contribution is 2.28. The van der Waals surface area contributed by atoms with Crippen molar-refractivity contribution in [2.75, 3.05) is 13.2 Å². The summed E-state index contributed by atoms with van der Waals surface area (Å²) < 4.78 is 11.9. The Balaban J connectivity index is 2.59. The molecule has 96 valence electrons. The Morgan fingerprint density at radius 1 is 1.24 bits per heavy atom. The van der Waals surface area contributed by atoms with E-state index in [0.29, 0.717) is 19.0 Å². The molecule has 1 rings (SSSR count). The van der Waals surface area contributed by atoms with E-state index in [1.807, 2.05) is 32.0 Å².